The van der Waals surface area contributed by atoms with Crippen LogP contribution >= 0.6 is 0 Å². The van der Waals surface area contributed by atoms with Crippen LogP contribution in [0.3, 0.4) is 0 Å². The Bertz CT molecular complexity index is 470. The lowest BCUT2D eigenvalue weighted by Crippen LogP contribution is -2.33. The van der Waals surface area contributed by atoms with Crippen LogP contribution in [0, 0.1) is 0 Å². The van der Waals surface area contributed by atoms with Gasteiger partial charge in [-0.15, -0.1) is 5.73 Å². The number of benzene rings is 1. The largest absolute Gasteiger partial charge is 0.442 e. The maximum atomic E-state index is 11.6. The third-order valence-electron chi connectivity index (χ3n) is 2.33. The molecular weight excluding hydrogens is 254 g/mol. The third kappa shape index (κ3) is 6.23. The summed E-state index contributed by atoms with van der Waals surface area (Å²) in [6.07, 6.45) is 1.40. The van der Waals surface area contributed by atoms with E-state index in [1.165, 1.54) is 0 Å². The van der Waals surface area contributed by atoms with E-state index < -0.39 is 11.7 Å². The Kier molecular flexibility index (Phi) is 6.04. The zero-order chi connectivity index (χ0) is 15.0. The number of hydrogen-bond acceptors (Lipinski definition) is 3. The molecule has 0 fully saturated rings. The van der Waals surface area contributed by atoms with Crippen molar-refractivity contribution in [1.29, 1.82) is 0 Å². The molecule has 0 spiro atoms. The van der Waals surface area contributed by atoms with Crippen molar-refractivity contribution in [3.05, 3.63) is 54.3 Å². The van der Waals surface area contributed by atoms with Gasteiger partial charge in [-0.05, 0) is 32.4 Å². The average Bonchev–Trinajstić information content (AvgIpc) is 2.38. The molecule has 4 nitrogen and oxygen atoms in total. The minimum Gasteiger partial charge on any atom is -0.442 e. The van der Waals surface area contributed by atoms with Gasteiger partial charge in [-0.2, -0.15) is 5.48 Å². The molecule has 0 aromatic heterocycles. The van der Waals surface area contributed by atoms with Crippen LogP contribution in [0.5, 0.6) is 0 Å². The number of amides is 1. The molecular formula is C16H21NO3. The molecule has 0 aliphatic heterocycles. The van der Waals surface area contributed by atoms with Crippen LogP contribution < -0.4 is 5.48 Å². The quantitative estimate of drug-likeness (QED) is 0.654. The highest BCUT2D eigenvalue weighted by Gasteiger charge is 2.18. The summed E-state index contributed by atoms with van der Waals surface area (Å²) in [5, 5.41) is 0. The van der Waals surface area contributed by atoms with E-state index in [1.807, 2.05) is 30.3 Å². The average molecular weight is 275 g/mol. The number of hydrogen-bond donors (Lipinski definition) is 1. The molecule has 1 aromatic carbocycles. The Morgan fingerprint density at radius 2 is 2.05 bits per heavy atom. The number of hydroxylamine groups is 1. The van der Waals surface area contributed by atoms with Gasteiger partial charge in [-0.25, -0.2) is 4.79 Å². The second-order valence-corrected chi connectivity index (χ2v) is 5.27. The first-order valence-corrected chi connectivity index (χ1v) is 6.46. The molecule has 1 aromatic rings. The third-order valence-corrected chi connectivity index (χ3v) is 2.33. The number of carbonyl (C=O) groups is 1. The Morgan fingerprint density at radius 1 is 1.40 bits per heavy atom. The lowest BCUT2D eigenvalue weighted by atomic mass is 10.1. The van der Waals surface area contributed by atoms with E-state index in [1.54, 1.807) is 26.8 Å². The molecule has 0 saturated heterocycles. The van der Waals surface area contributed by atoms with E-state index in [0.717, 1.165) is 5.56 Å². The first-order chi connectivity index (χ1) is 9.42. The molecule has 0 saturated carbocycles. The molecule has 1 atom stereocenters. The van der Waals surface area contributed by atoms with Gasteiger partial charge in [0.05, 0.1) is 0 Å². The van der Waals surface area contributed by atoms with Gasteiger partial charge in [0.25, 0.3) is 0 Å². The summed E-state index contributed by atoms with van der Waals surface area (Å²) in [6, 6.07) is 9.61. The summed E-state index contributed by atoms with van der Waals surface area (Å²) >= 11 is 0. The maximum Gasteiger partial charge on any atom is 0.431 e. The van der Waals surface area contributed by atoms with E-state index in [-0.39, 0.29) is 6.10 Å². The monoisotopic (exact) mass is 275 g/mol. The van der Waals surface area contributed by atoms with E-state index in [2.05, 4.69) is 17.8 Å². The van der Waals surface area contributed by atoms with Gasteiger partial charge in [0, 0.05) is 6.42 Å². The highest BCUT2D eigenvalue weighted by Crippen LogP contribution is 2.20. The van der Waals surface area contributed by atoms with Gasteiger partial charge in [-0.1, -0.05) is 36.9 Å². The topological polar surface area (TPSA) is 47.6 Å². The summed E-state index contributed by atoms with van der Waals surface area (Å²) in [5.41, 5.74) is 5.41. The molecule has 0 radical (unpaired) electrons. The fourth-order valence-electron chi connectivity index (χ4n) is 1.53. The van der Waals surface area contributed by atoms with Crippen LogP contribution in [0.15, 0.2) is 48.7 Å². The molecule has 0 heterocycles. The first kappa shape index (κ1) is 16.0. The Labute approximate surface area is 120 Å². The Balaban J connectivity index is 2.62. The summed E-state index contributed by atoms with van der Waals surface area (Å²) < 4.78 is 5.12. The molecule has 1 N–H and O–H groups in total. The smallest absolute Gasteiger partial charge is 0.431 e. The SMILES string of the molecule is C=C=CC[C@H](ONC(=O)OC(C)(C)C)c1ccccc1. The van der Waals surface area contributed by atoms with Crippen molar-refractivity contribution in [2.75, 3.05) is 0 Å². The van der Waals surface area contributed by atoms with Crippen molar-refractivity contribution in [2.45, 2.75) is 38.9 Å². The summed E-state index contributed by atoms with van der Waals surface area (Å²) in [5.74, 6) is 0. The van der Waals surface area contributed by atoms with Crippen LogP contribution in [0.25, 0.3) is 0 Å². The van der Waals surface area contributed by atoms with Gasteiger partial charge in [0.1, 0.15) is 11.7 Å². The highest BCUT2D eigenvalue weighted by atomic mass is 16.7. The molecule has 20 heavy (non-hydrogen) atoms. The van der Waals surface area contributed by atoms with Gasteiger partial charge >= 0.3 is 6.09 Å². The van der Waals surface area contributed by atoms with Crippen molar-refractivity contribution in [3.8, 4) is 0 Å². The number of nitrogens with one attached hydrogen (secondary N) is 1. The van der Waals surface area contributed by atoms with Crippen LogP contribution in [0.2, 0.25) is 0 Å². The fourth-order valence-corrected chi connectivity index (χ4v) is 1.53. The Morgan fingerprint density at radius 3 is 2.60 bits per heavy atom. The molecule has 1 amide bonds. The van der Waals surface area contributed by atoms with E-state index in [9.17, 15) is 4.79 Å². The van der Waals surface area contributed by atoms with Crippen molar-refractivity contribution >= 4 is 6.09 Å². The van der Waals surface area contributed by atoms with Crippen molar-refractivity contribution < 1.29 is 14.4 Å². The zero-order valence-corrected chi connectivity index (χ0v) is 12.2. The van der Waals surface area contributed by atoms with Crippen LogP contribution in [-0.2, 0) is 9.57 Å². The normalized spacial score (nSPS) is 12.2. The lowest BCUT2D eigenvalue weighted by molar-refractivity contribution is -0.0425. The fraction of sp³-hybridized carbons (Fsp3) is 0.375. The van der Waals surface area contributed by atoms with Gasteiger partial charge < -0.3 is 4.74 Å². The van der Waals surface area contributed by atoms with Crippen molar-refractivity contribution in [3.63, 3.8) is 0 Å². The van der Waals surface area contributed by atoms with E-state index in [0.29, 0.717) is 6.42 Å². The predicted molar refractivity (Wildman–Crippen MR) is 78.0 cm³/mol. The van der Waals surface area contributed by atoms with Gasteiger partial charge in [0.15, 0.2) is 0 Å². The summed E-state index contributed by atoms with van der Waals surface area (Å²) in [7, 11) is 0. The zero-order valence-electron chi connectivity index (χ0n) is 12.2. The first-order valence-electron chi connectivity index (χ1n) is 6.46. The predicted octanol–water partition coefficient (Wildman–Crippen LogP) is 3.92. The van der Waals surface area contributed by atoms with Crippen molar-refractivity contribution in [2.24, 2.45) is 0 Å². The van der Waals surface area contributed by atoms with Gasteiger partial charge in [-0.3, -0.25) is 4.84 Å². The number of rotatable bonds is 5. The van der Waals surface area contributed by atoms with E-state index >= 15 is 0 Å². The minimum atomic E-state index is -0.610. The van der Waals surface area contributed by atoms with E-state index in [4.69, 9.17) is 9.57 Å². The highest BCUT2D eigenvalue weighted by molar-refractivity contribution is 5.66. The summed E-state index contributed by atoms with van der Waals surface area (Å²) in [6.45, 7) is 8.90. The molecule has 0 bridgehead atoms. The molecule has 1 rings (SSSR count). The minimum absolute atomic E-state index is 0.307. The Hall–Kier alpha value is -2.03. The number of ether oxygens (including phenoxy) is 1. The number of carbonyl (C=O) groups excluding carboxylic acids is 1. The second kappa shape index (κ2) is 7.53. The molecule has 4 heteroatoms. The van der Waals surface area contributed by atoms with Crippen LogP contribution in [0.4, 0.5) is 4.79 Å². The molecule has 0 aliphatic rings. The van der Waals surface area contributed by atoms with Crippen LogP contribution in [0.1, 0.15) is 38.9 Å². The maximum absolute atomic E-state index is 11.6. The summed E-state index contributed by atoms with van der Waals surface area (Å²) in [4.78, 5) is 17.0. The van der Waals surface area contributed by atoms with Gasteiger partial charge in [0.2, 0.25) is 0 Å². The molecule has 0 unspecified atom stereocenters. The molecule has 108 valence electrons. The lowest BCUT2D eigenvalue weighted by Gasteiger charge is -2.21. The molecule has 0 aliphatic carbocycles. The van der Waals surface area contributed by atoms with Crippen LogP contribution in [-0.4, -0.2) is 11.7 Å². The second-order valence-electron chi connectivity index (χ2n) is 5.27. The van der Waals surface area contributed by atoms with Crippen molar-refractivity contribution in [1.82, 2.24) is 5.48 Å². The standard InChI is InChI=1S/C16H21NO3/c1-5-6-12-14(13-10-8-7-9-11-13)20-17-15(18)19-16(2,3)4/h6-11,14H,1,12H2,2-4H3,(H,17,18)/t14-/m0/s1.